The second-order valence-electron chi connectivity index (χ2n) is 3.91. The van der Waals surface area contributed by atoms with E-state index < -0.39 is 5.97 Å². The van der Waals surface area contributed by atoms with Gasteiger partial charge in [-0.3, -0.25) is 0 Å². The van der Waals surface area contributed by atoms with Crippen LogP contribution in [0, 0.1) is 6.92 Å². The number of pyridine rings is 1. The first-order valence-electron chi connectivity index (χ1n) is 5.72. The average Bonchev–Trinajstić information content (AvgIpc) is 2.67. The lowest BCUT2D eigenvalue weighted by molar-refractivity contribution is 0.0694. The molecule has 0 amide bonds. The SMILES string of the molecule is CCSc1nn(-c2cc(C)ccn2)c(N)c1C(=O)O. The van der Waals surface area contributed by atoms with Crippen LogP contribution in [-0.2, 0) is 0 Å². The van der Waals surface area contributed by atoms with Crippen LogP contribution in [0.15, 0.2) is 23.4 Å². The standard InChI is InChI=1S/C12H14N4O2S/c1-3-19-11-9(12(17)18)10(13)16(15-11)8-6-7(2)4-5-14-8/h4-6H,3,13H2,1-2H3,(H,17,18). The minimum absolute atomic E-state index is 0.0372. The van der Waals surface area contributed by atoms with Crippen LogP contribution < -0.4 is 5.73 Å². The largest absolute Gasteiger partial charge is 0.477 e. The Morgan fingerprint density at radius 1 is 1.58 bits per heavy atom. The number of hydrogen-bond donors (Lipinski definition) is 2. The van der Waals surface area contributed by atoms with Crippen LogP contribution in [0.25, 0.3) is 5.82 Å². The van der Waals surface area contributed by atoms with Crippen LogP contribution in [0.2, 0.25) is 0 Å². The van der Waals surface area contributed by atoms with Crippen molar-refractivity contribution >= 4 is 23.5 Å². The number of carbonyl (C=O) groups is 1. The van der Waals surface area contributed by atoms with Crippen molar-refractivity contribution in [2.45, 2.75) is 18.9 Å². The van der Waals surface area contributed by atoms with E-state index in [-0.39, 0.29) is 11.4 Å². The number of aromatic nitrogens is 3. The predicted octanol–water partition coefficient (Wildman–Crippen LogP) is 1.97. The minimum atomic E-state index is -1.08. The van der Waals surface area contributed by atoms with E-state index in [1.165, 1.54) is 16.4 Å². The Bertz CT molecular complexity index is 624. The average molecular weight is 278 g/mol. The third-order valence-electron chi connectivity index (χ3n) is 2.50. The van der Waals surface area contributed by atoms with Crippen molar-refractivity contribution in [3.05, 3.63) is 29.5 Å². The van der Waals surface area contributed by atoms with Crippen molar-refractivity contribution in [3.63, 3.8) is 0 Å². The summed E-state index contributed by atoms with van der Waals surface area (Å²) in [6.07, 6.45) is 1.64. The Hall–Kier alpha value is -2.02. The highest BCUT2D eigenvalue weighted by atomic mass is 32.2. The van der Waals surface area contributed by atoms with Gasteiger partial charge in [0.1, 0.15) is 16.4 Å². The predicted molar refractivity (Wildman–Crippen MR) is 73.9 cm³/mol. The molecule has 0 spiro atoms. The highest BCUT2D eigenvalue weighted by molar-refractivity contribution is 7.99. The molecule has 3 N–H and O–H groups in total. The molecule has 19 heavy (non-hydrogen) atoms. The van der Waals surface area contributed by atoms with E-state index in [9.17, 15) is 9.90 Å². The van der Waals surface area contributed by atoms with Gasteiger partial charge in [-0.05, 0) is 30.4 Å². The quantitative estimate of drug-likeness (QED) is 0.830. The summed E-state index contributed by atoms with van der Waals surface area (Å²) in [4.78, 5) is 15.4. The fourth-order valence-electron chi connectivity index (χ4n) is 1.66. The van der Waals surface area contributed by atoms with Crippen LogP contribution in [0.5, 0.6) is 0 Å². The van der Waals surface area contributed by atoms with Crippen molar-refractivity contribution in [2.24, 2.45) is 0 Å². The highest BCUT2D eigenvalue weighted by Gasteiger charge is 2.22. The van der Waals surface area contributed by atoms with E-state index >= 15 is 0 Å². The molecule has 6 nitrogen and oxygen atoms in total. The maximum absolute atomic E-state index is 11.3. The Morgan fingerprint density at radius 3 is 2.89 bits per heavy atom. The summed E-state index contributed by atoms with van der Waals surface area (Å²) in [7, 11) is 0. The Balaban J connectivity index is 2.59. The van der Waals surface area contributed by atoms with Gasteiger partial charge in [0.25, 0.3) is 0 Å². The van der Waals surface area contributed by atoms with Crippen LogP contribution >= 0.6 is 11.8 Å². The molecule has 0 aliphatic heterocycles. The van der Waals surface area contributed by atoms with Gasteiger partial charge < -0.3 is 10.8 Å². The fourth-order valence-corrected chi connectivity index (χ4v) is 2.41. The number of thioether (sulfide) groups is 1. The molecule has 7 heteroatoms. The summed E-state index contributed by atoms with van der Waals surface area (Å²) >= 11 is 1.34. The molecular weight excluding hydrogens is 264 g/mol. The summed E-state index contributed by atoms with van der Waals surface area (Å²) in [5.41, 5.74) is 6.92. The number of aromatic carboxylic acids is 1. The fraction of sp³-hybridized carbons (Fsp3) is 0.250. The maximum atomic E-state index is 11.3. The molecule has 0 bridgehead atoms. The number of aryl methyl sites for hydroxylation is 1. The monoisotopic (exact) mass is 278 g/mol. The zero-order valence-corrected chi connectivity index (χ0v) is 11.4. The number of nitrogen functional groups attached to an aromatic ring is 1. The molecule has 100 valence electrons. The lowest BCUT2D eigenvalue weighted by Gasteiger charge is -2.03. The van der Waals surface area contributed by atoms with E-state index in [1.807, 2.05) is 19.9 Å². The number of carboxylic acid groups (broad SMARTS) is 1. The van der Waals surface area contributed by atoms with Crippen LogP contribution in [0.3, 0.4) is 0 Å². The molecule has 2 rings (SSSR count). The molecule has 2 aromatic rings. The summed E-state index contributed by atoms with van der Waals surface area (Å²) in [6, 6.07) is 3.65. The molecule has 0 aliphatic carbocycles. The number of carboxylic acids is 1. The van der Waals surface area contributed by atoms with Gasteiger partial charge in [0, 0.05) is 6.20 Å². The number of hydrogen-bond acceptors (Lipinski definition) is 5. The van der Waals surface area contributed by atoms with Gasteiger partial charge in [0.05, 0.1) is 0 Å². The number of nitrogens with zero attached hydrogens (tertiary/aromatic N) is 3. The van der Waals surface area contributed by atoms with Gasteiger partial charge in [-0.2, -0.15) is 9.78 Å². The van der Waals surface area contributed by atoms with Gasteiger partial charge in [-0.15, -0.1) is 11.8 Å². The van der Waals surface area contributed by atoms with E-state index in [0.717, 1.165) is 11.3 Å². The van der Waals surface area contributed by atoms with Crippen molar-refractivity contribution in [1.82, 2.24) is 14.8 Å². The smallest absolute Gasteiger partial charge is 0.342 e. The lowest BCUT2D eigenvalue weighted by atomic mass is 10.3. The Kier molecular flexibility index (Phi) is 3.75. The molecule has 0 radical (unpaired) electrons. The van der Waals surface area contributed by atoms with E-state index in [4.69, 9.17) is 5.73 Å². The summed E-state index contributed by atoms with van der Waals surface area (Å²) in [5, 5.41) is 13.9. The molecule has 0 unspecified atom stereocenters. The van der Waals surface area contributed by atoms with E-state index in [0.29, 0.717) is 10.8 Å². The molecular formula is C12H14N4O2S. The van der Waals surface area contributed by atoms with Crippen molar-refractivity contribution in [1.29, 1.82) is 0 Å². The van der Waals surface area contributed by atoms with Crippen molar-refractivity contribution in [3.8, 4) is 5.82 Å². The topological polar surface area (TPSA) is 94.0 Å². The van der Waals surface area contributed by atoms with Gasteiger partial charge in [-0.25, -0.2) is 9.78 Å². The first-order chi connectivity index (χ1) is 9.04. The number of anilines is 1. The number of nitrogens with two attached hydrogens (primary N) is 1. The molecule has 0 fully saturated rings. The van der Waals surface area contributed by atoms with Crippen LogP contribution in [0.1, 0.15) is 22.8 Å². The van der Waals surface area contributed by atoms with Gasteiger partial charge in [0.15, 0.2) is 5.82 Å². The van der Waals surface area contributed by atoms with Crippen molar-refractivity contribution < 1.29 is 9.90 Å². The first-order valence-corrected chi connectivity index (χ1v) is 6.70. The van der Waals surface area contributed by atoms with E-state index in [1.54, 1.807) is 12.3 Å². The molecule has 0 aromatic carbocycles. The maximum Gasteiger partial charge on any atom is 0.342 e. The van der Waals surface area contributed by atoms with Crippen LogP contribution in [0.4, 0.5) is 5.82 Å². The summed E-state index contributed by atoms with van der Waals surface area (Å²) in [6.45, 7) is 3.85. The van der Waals surface area contributed by atoms with Crippen molar-refractivity contribution in [2.75, 3.05) is 11.5 Å². The van der Waals surface area contributed by atoms with Gasteiger partial charge >= 0.3 is 5.97 Å². The second kappa shape index (κ2) is 5.31. The summed E-state index contributed by atoms with van der Waals surface area (Å²) in [5.74, 6) is 0.259. The minimum Gasteiger partial charge on any atom is -0.477 e. The van der Waals surface area contributed by atoms with Gasteiger partial charge in [-0.1, -0.05) is 6.92 Å². The molecule has 2 aromatic heterocycles. The summed E-state index contributed by atoms with van der Waals surface area (Å²) < 4.78 is 1.37. The third kappa shape index (κ3) is 2.55. The molecule has 0 aliphatic rings. The molecule has 0 saturated carbocycles. The first kappa shape index (κ1) is 13.4. The second-order valence-corrected chi connectivity index (χ2v) is 5.16. The lowest BCUT2D eigenvalue weighted by Crippen LogP contribution is -2.07. The zero-order valence-electron chi connectivity index (χ0n) is 10.6. The Morgan fingerprint density at radius 2 is 2.32 bits per heavy atom. The molecule has 2 heterocycles. The Labute approximate surface area is 114 Å². The highest BCUT2D eigenvalue weighted by Crippen LogP contribution is 2.28. The normalized spacial score (nSPS) is 10.6. The van der Waals surface area contributed by atoms with Gasteiger partial charge in [0.2, 0.25) is 0 Å². The van der Waals surface area contributed by atoms with E-state index in [2.05, 4.69) is 10.1 Å². The third-order valence-corrected chi connectivity index (χ3v) is 3.35. The number of rotatable bonds is 4. The zero-order chi connectivity index (χ0) is 14.0. The van der Waals surface area contributed by atoms with Crippen LogP contribution in [-0.4, -0.2) is 31.6 Å². The molecule has 0 atom stereocenters. The molecule has 0 saturated heterocycles.